The number of para-hydroxylation sites is 1. The van der Waals surface area contributed by atoms with Crippen LogP contribution in [0, 0.1) is 0 Å². The molecule has 0 radical (unpaired) electrons. The summed E-state index contributed by atoms with van der Waals surface area (Å²) in [6.07, 6.45) is 3.17. The maximum absolute atomic E-state index is 12.0. The van der Waals surface area contributed by atoms with Crippen molar-refractivity contribution >= 4 is 29.1 Å². The van der Waals surface area contributed by atoms with E-state index in [0.717, 1.165) is 16.5 Å². The highest BCUT2D eigenvalue weighted by atomic mass is 16.5. The van der Waals surface area contributed by atoms with Gasteiger partial charge in [0.1, 0.15) is 12.3 Å². The maximum atomic E-state index is 12.0. The number of nitrogens with two attached hydrogens (primary N) is 1. The van der Waals surface area contributed by atoms with Gasteiger partial charge < -0.3 is 25.6 Å². The number of hydrogen-bond donors (Lipinski definition) is 3. The molecule has 0 saturated heterocycles. The number of aromatic amines is 1. The first-order chi connectivity index (χ1) is 12.0. The topological polar surface area (TPSA) is 114 Å². The van der Waals surface area contributed by atoms with Gasteiger partial charge in [0.05, 0.1) is 12.6 Å². The normalized spacial score (nSPS) is 13.2. The lowest BCUT2D eigenvalue weighted by Crippen LogP contribution is -2.39. The first-order valence-electron chi connectivity index (χ1n) is 8.27. The quantitative estimate of drug-likeness (QED) is 0.464. The van der Waals surface area contributed by atoms with Crippen molar-refractivity contribution in [2.45, 2.75) is 38.3 Å². The molecule has 7 nitrogen and oxygen atoms in total. The number of benzene rings is 1. The average molecular weight is 345 g/mol. The predicted octanol–water partition coefficient (Wildman–Crippen LogP) is 1.06. The van der Waals surface area contributed by atoms with Gasteiger partial charge in [0.25, 0.3) is 0 Å². The van der Waals surface area contributed by atoms with Crippen LogP contribution >= 0.6 is 0 Å². The van der Waals surface area contributed by atoms with Crippen LogP contribution in [-0.2, 0) is 25.5 Å². The summed E-state index contributed by atoms with van der Waals surface area (Å²) in [5.74, 6) is -0.849. The summed E-state index contributed by atoms with van der Waals surface area (Å²) in [6, 6.07) is 6.28. The lowest BCUT2D eigenvalue weighted by molar-refractivity contribution is -0.144. The highest BCUT2D eigenvalue weighted by Gasteiger charge is 2.18. The van der Waals surface area contributed by atoms with Crippen molar-refractivity contribution in [2.75, 3.05) is 6.61 Å². The van der Waals surface area contributed by atoms with Gasteiger partial charge in [0.15, 0.2) is 0 Å². The fourth-order valence-electron chi connectivity index (χ4n) is 2.60. The third-order valence-corrected chi connectivity index (χ3v) is 3.90. The zero-order chi connectivity index (χ0) is 18.2. The standard InChI is InChI=1S/C18H23N3O4/c1-2-25-18(24)15(19)7-8-17(23)21-13(11-22)9-12-10-20-16-6-4-3-5-14(12)16/h3-6,10-11,13,15,20H,2,7-9,19H2,1H3,(H,21,23)/t13-,15-/m1/s1. The molecule has 0 aliphatic heterocycles. The van der Waals surface area contributed by atoms with E-state index in [9.17, 15) is 14.4 Å². The van der Waals surface area contributed by atoms with Gasteiger partial charge in [-0.05, 0) is 25.0 Å². The van der Waals surface area contributed by atoms with E-state index < -0.39 is 18.1 Å². The van der Waals surface area contributed by atoms with Crippen LogP contribution in [0.5, 0.6) is 0 Å². The Hall–Kier alpha value is -2.67. The number of rotatable bonds is 9. The van der Waals surface area contributed by atoms with Crippen molar-refractivity contribution in [2.24, 2.45) is 5.73 Å². The minimum Gasteiger partial charge on any atom is -0.465 e. The van der Waals surface area contributed by atoms with E-state index in [0.29, 0.717) is 12.7 Å². The van der Waals surface area contributed by atoms with Crippen molar-refractivity contribution in [3.8, 4) is 0 Å². The average Bonchev–Trinajstić information content (AvgIpc) is 3.02. The molecule has 134 valence electrons. The summed E-state index contributed by atoms with van der Waals surface area (Å²) in [5.41, 5.74) is 7.59. The maximum Gasteiger partial charge on any atom is 0.322 e. The largest absolute Gasteiger partial charge is 0.465 e. The summed E-state index contributed by atoms with van der Waals surface area (Å²) in [7, 11) is 0. The lowest BCUT2D eigenvalue weighted by atomic mass is 10.1. The Balaban J connectivity index is 1.88. The summed E-state index contributed by atoms with van der Waals surface area (Å²) in [4.78, 5) is 37.9. The van der Waals surface area contributed by atoms with Crippen LogP contribution < -0.4 is 11.1 Å². The Labute approximate surface area is 145 Å². The van der Waals surface area contributed by atoms with Crippen LogP contribution in [0.4, 0.5) is 0 Å². The molecule has 1 amide bonds. The number of fused-ring (bicyclic) bond motifs is 1. The second-order valence-electron chi connectivity index (χ2n) is 5.77. The molecule has 2 atom stereocenters. The highest BCUT2D eigenvalue weighted by Crippen LogP contribution is 2.18. The molecule has 0 bridgehead atoms. The summed E-state index contributed by atoms with van der Waals surface area (Å²) >= 11 is 0. The molecule has 0 unspecified atom stereocenters. The van der Waals surface area contributed by atoms with Crippen LogP contribution in [-0.4, -0.2) is 41.8 Å². The number of ether oxygens (including phenoxy) is 1. The van der Waals surface area contributed by atoms with E-state index in [2.05, 4.69) is 10.3 Å². The second kappa shape index (κ2) is 8.98. The molecule has 25 heavy (non-hydrogen) atoms. The molecule has 7 heteroatoms. The van der Waals surface area contributed by atoms with Crippen LogP contribution in [0.3, 0.4) is 0 Å². The van der Waals surface area contributed by atoms with Gasteiger partial charge in [-0.2, -0.15) is 0 Å². The summed E-state index contributed by atoms with van der Waals surface area (Å²) in [6.45, 7) is 1.94. The zero-order valence-electron chi connectivity index (χ0n) is 14.2. The Morgan fingerprint density at radius 1 is 1.36 bits per heavy atom. The number of H-pyrrole nitrogens is 1. The first kappa shape index (κ1) is 18.7. The Kier molecular flexibility index (Phi) is 6.71. The fourth-order valence-corrected chi connectivity index (χ4v) is 2.60. The Bertz CT molecular complexity index is 741. The molecule has 1 aromatic carbocycles. The van der Waals surface area contributed by atoms with E-state index in [1.807, 2.05) is 30.5 Å². The van der Waals surface area contributed by atoms with Gasteiger partial charge >= 0.3 is 5.97 Å². The lowest BCUT2D eigenvalue weighted by Gasteiger charge is -2.14. The number of amides is 1. The number of aldehydes is 1. The number of carbonyl (C=O) groups is 3. The van der Waals surface area contributed by atoms with E-state index in [1.54, 1.807) is 6.92 Å². The number of aromatic nitrogens is 1. The van der Waals surface area contributed by atoms with Gasteiger partial charge in [0.2, 0.25) is 5.91 Å². The van der Waals surface area contributed by atoms with Crippen LogP contribution in [0.15, 0.2) is 30.5 Å². The fraction of sp³-hybridized carbons (Fsp3) is 0.389. The third-order valence-electron chi connectivity index (χ3n) is 3.90. The molecule has 0 spiro atoms. The van der Waals surface area contributed by atoms with Crippen molar-refractivity contribution in [1.29, 1.82) is 0 Å². The smallest absolute Gasteiger partial charge is 0.322 e. The van der Waals surface area contributed by atoms with Crippen molar-refractivity contribution in [1.82, 2.24) is 10.3 Å². The Morgan fingerprint density at radius 3 is 2.84 bits per heavy atom. The van der Waals surface area contributed by atoms with Crippen molar-refractivity contribution in [3.05, 3.63) is 36.0 Å². The number of hydrogen-bond acceptors (Lipinski definition) is 5. The van der Waals surface area contributed by atoms with Crippen LogP contribution in [0.1, 0.15) is 25.3 Å². The molecule has 1 heterocycles. The third kappa shape index (κ3) is 5.15. The molecule has 0 aliphatic rings. The van der Waals surface area contributed by atoms with E-state index in [1.165, 1.54) is 0 Å². The first-order valence-corrected chi connectivity index (χ1v) is 8.27. The molecular weight excluding hydrogens is 322 g/mol. The summed E-state index contributed by atoms with van der Waals surface area (Å²) < 4.78 is 4.79. The monoisotopic (exact) mass is 345 g/mol. The molecule has 2 rings (SSSR count). The van der Waals surface area contributed by atoms with Crippen molar-refractivity contribution < 1.29 is 19.1 Å². The van der Waals surface area contributed by atoms with Crippen LogP contribution in [0.2, 0.25) is 0 Å². The highest BCUT2D eigenvalue weighted by molar-refractivity contribution is 5.85. The van der Waals surface area contributed by atoms with E-state index >= 15 is 0 Å². The molecule has 1 aromatic heterocycles. The van der Waals surface area contributed by atoms with E-state index in [4.69, 9.17) is 10.5 Å². The van der Waals surface area contributed by atoms with E-state index in [-0.39, 0.29) is 25.4 Å². The molecular formula is C18H23N3O4. The summed E-state index contributed by atoms with van der Waals surface area (Å²) in [5, 5.41) is 3.69. The van der Waals surface area contributed by atoms with Gasteiger partial charge in [-0.3, -0.25) is 9.59 Å². The number of nitrogens with one attached hydrogen (secondary N) is 2. The molecule has 2 aromatic rings. The predicted molar refractivity (Wildman–Crippen MR) is 93.8 cm³/mol. The molecule has 0 fully saturated rings. The van der Waals surface area contributed by atoms with Gasteiger partial charge in [-0.1, -0.05) is 18.2 Å². The molecule has 4 N–H and O–H groups in total. The molecule has 0 aliphatic carbocycles. The van der Waals surface area contributed by atoms with Gasteiger partial charge in [0, 0.05) is 29.9 Å². The number of esters is 1. The minimum absolute atomic E-state index is 0.0538. The van der Waals surface area contributed by atoms with Gasteiger partial charge in [-0.25, -0.2) is 0 Å². The van der Waals surface area contributed by atoms with Crippen molar-refractivity contribution in [3.63, 3.8) is 0 Å². The molecule has 0 saturated carbocycles. The Morgan fingerprint density at radius 2 is 2.12 bits per heavy atom. The second-order valence-corrected chi connectivity index (χ2v) is 5.77. The zero-order valence-corrected chi connectivity index (χ0v) is 14.2. The van der Waals surface area contributed by atoms with Gasteiger partial charge in [-0.15, -0.1) is 0 Å². The minimum atomic E-state index is -0.839. The SMILES string of the molecule is CCOC(=O)[C@H](N)CCC(=O)N[C@@H](C=O)Cc1c[nH]c2ccccc12. The van der Waals surface area contributed by atoms with Crippen LogP contribution in [0.25, 0.3) is 10.9 Å². The number of carbonyl (C=O) groups excluding carboxylic acids is 3.